The molecule has 0 aliphatic rings. The molecule has 0 aliphatic heterocycles. The number of nitrogens with zero attached hydrogens (tertiary/aromatic N) is 1. The molecular weight excluding hydrogens is 326 g/mol. The number of hydrogen-bond acceptors (Lipinski definition) is 3. The van der Waals surface area contributed by atoms with Crippen molar-refractivity contribution in [3.63, 3.8) is 0 Å². The van der Waals surface area contributed by atoms with Gasteiger partial charge in [-0.15, -0.1) is 0 Å². The van der Waals surface area contributed by atoms with Gasteiger partial charge in [-0.25, -0.2) is 9.78 Å². The Labute approximate surface area is 152 Å². The number of rotatable bonds is 6. The third-order valence-corrected chi connectivity index (χ3v) is 3.85. The third-order valence-electron chi connectivity index (χ3n) is 3.85. The Balaban J connectivity index is 1.43. The van der Waals surface area contributed by atoms with E-state index in [4.69, 9.17) is 4.74 Å². The van der Waals surface area contributed by atoms with Gasteiger partial charge in [0.15, 0.2) is 0 Å². The van der Waals surface area contributed by atoms with E-state index in [2.05, 4.69) is 27.4 Å². The van der Waals surface area contributed by atoms with Crippen LogP contribution in [0.2, 0.25) is 0 Å². The van der Waals surface area contributed by atoms with Gasteiger partial charge in [-0.1, -0.05) is 48.0 Å². The molecule has 1 heterocycles. The summed E-state index contributed by atoms with van der Waals surface area (Å²) < 4.78 is 5.14. The van der Waals surface area contributed by atoms with E-state index in [1.165, 1.54) is 5.56 Å². The van der Waals surface area contributed by atoms with E-state index in [1.807, 2.05) is 61.7 Å². The average Bonchev–Trinajstić information content (AvgIpc) is 3.15. The lowest BCUT2D eigenvalue weighted by Gasteiger charge is -2.05. The first kappa shape index (κ1) is 17.5. The molecule has 0 unspecified atom stereocenters. The van der Waals surface area contributed by atoms with Crippen molar-refractivity contribution in [2.75, 3.05) is 11.9 Å². The molecule has 0 spiro atoms. The predicted molar refractivity (Wildman–Crippen MR) is 103 cm³/mol. The number of carbonyl (C=O) groups is 1. The molecule has 1 amide bonds. The highest BCUT2D eigenvalue weighted by Gasteiger charge is 2.01. The van der Waals surface area contributed by atoms with Crippen LogP contribution in [-0.4, -0.2) is 22.7 Å². The number of amides is 1. The fourth-order valence-electron chi connectivity index (χ4n) is 2.45. The molecule has 5 heteroatoms. The van der Waals surface area contributed by atoms with Crippen LogP contribution in [0.5, 0.6) is 0 Å². The standard InChI is InChI=1S/C21H21N3O2/c1-16-4-10-19(11-5-16)24-21(25)26-12-2-3-17-6-8-18(9-7-17)13-20-14-22-15-23-20/h2-11,14-15H,12-13H2,1H3,(H,22,23)(H,24,25)/b3-2+. The molecule has 26 heavy (non-hydrogen) atoms. The van der Waals surface area contributed by atoms with E-state index >= 15 is 0 Å². The Morgan fingerprint density at radius 2 is 1.92 bits per heavy atom. The Morgan fingerprint density at radius 3 is 2.62 bits per heavy atom. The Bertz CT molecular complexity index is 851. The van der Waals surface area contributed by atoms with E-state index in [1.54, 1.807) is 6.33 Å². The molecule has 0 fully saturated rings. The number of nitrogens with one attached hydrogen (secondary N) is 2. The number of H-pyrrole nitrogens is 1. The zero-order valence-corrected chi connectivity index (χ0v) is 14.6. The number of anilines is 1. The van der Waals surface area contributed by atoms with Gasteiger partial charge in [-0.2, -0.15) is 0 Å². The maximum atomic E-state index is 11.7. The monoisotopic (exact) mass is 347 g/mol. The maximum absolute atomic E-state index is 11.7. The minimum absolute atomic E-state index is 0.216. The van der Waals surface area contributed by atoms with Gasteiger partial charge in [0, 0.05) is 24.0 Å². The Kier molecular flexibility index (Phi) is 5.83. The molecule has 3 rings (SSSR count). The van der Waals surface area contributed by atoms with Crippen LogP contribution >= 0.6 is 0 Å². The summed E-state index contributed by atoms with van der Waals surface area (Å²) in [4.78, 5) is 18.8. The van der Waals surface area contributed by atoms with Crippen LogP contribution in [0.15, 0.2) is 67.1 Å². The normalized spacial score (nSPS) is 10.8. The number of imidazole rings is 1. The lowest BCUT2D eigenvalue weighted by Crippen LogP contribution is -2.13. The lowest BCUT2D eigenvalue weighted by molar-refractivity contribution is 0.174. The number of aromatic nitrogens is 2. The third kappa shape index (κ3) is 5.34. The van der Waals surface area contributed by atoms with Gasteiger partial charge in [0.05, 0.1) is 6.33 Å². The summed E-state index contributed by atoms with van der Waals surface area (Å²) in [5, 5.41) is 2.69. The maximum Gasteiger partial charge on any atom is 0.411 e. The molecule has 0 aliphatic carbocycles. The second-order valence-corrected chi connectivity index (χ2v) is 5.99. The molecule has 2 N–H and O–H groups in total. The fraction of sp³-hybridized carbons (Fsp3) is 0.143. The fourth-order valence-corrected chi connectivity index (χ4v) is 2.45. The molecular formula is C21H21N3O2. The highest BCUT2D eigenvalue weighted by atomic mass is 16.5. The van der Waals surface area contributed by atoms with Crippen molar-refractivity contribution >= 4 is 17.9 Å². The Morgan fingerprint density at radius 1 is 1.15 bits per heavy atom. The van der Waals surface area contributed by atoms with Gasteiger partial charge in [-0.3, -0.25) is 5.32 Å². The van der Waals surface area contributed by atoms with Gasteiger partial charge in [0.1, 0.15) is 6.61 Å². The second-order valence-electron chi connectivity index (χ2n) is 5.99. The summed E-state index contributed by atoms with van der Waals surface area (Å²) >= 11 is 0. The Hall–Kier alpha value is -3.34. The van der Waals surface area contributed by atoms with Crippen LogP contribution in [0, 0.1) is 6.92 Å². The number of aryl methyl sites for hydroxylation is 1. The largest absolute Gasteiger partial charge is 0.445 e. The molecule has 0 saturated heterocycles. The van der Waals surface area contributed by atoms with Crippen molar-refractivity contribution < 1.29 is 9.53 Å². The quantitative estimate of drug-likeness (QED) is 0.686. The minimum atomic E-state index is -0.464. The van der Waals surface area contributed by atoms with Crippen molar-refractivity contribution in [3.8, 4) is 0 Å². The summed E-state index contributed by atoms with van der Waals surface area (Å²) in [7, 11) is 0. The molecule has 3 aromatic rings. The topological polar surface area (TPSA) is 67.0 Å². The van der Waals surface area contributed by atoms with Crippen LogP contribution in [0.25, 0.3) is 6.08 Å². The second kappa shape index (κ2) is 8.67. The van der Waals surface area contributed by atoms with Crippen LogP contribution in [0.4, 0.5) is 10.5 Å². The van der Waals surface area contributed by atoms with Crippen molar-refractivity contribution in [1.29, 1.82) is 0 Å². The first-order valence-electron chi connectivity index (χ1n) is 8.42. The van der Waals surface area contributed by atoms with Crippen LogP contribution < -0.4 is 5.32 Å². The summed E-state index contributed by atoms with van der Waals surface area (Å²) in [6.07, 6.45) is 7.62. The van der Waals surface area contributed by atoms with Gasteiger partial charge in [0.25, 0.3) is 0 Å². The van der Waals surface area contributed by atoms with Gasteiger partial charge in [-0.05, 0) is 36.3 Å². The van der Waals surface area contributed by atoms with Gasteiger partial charge < -0.3 is 9.72 Å². The molecule has 5 nitrogen and oxygen atoms in total. The summed E-state index contributed by atoms with van der Waals surface area (Å²) in [6, 6.07) is 15.8. The van der Waals surface area contributed by atoms with Crippen LogP contribution in [0.3, 0.4) is 0 Å². The van der Waals surface area contributed by atoms with Crippen LogP contribution in [0.1, 0.15) is 22.4 Å². The van der Waals surface area contributed by atoms with Crippen molar-refractivity contribution in [2.45, 2.75) is 13.3 Å². The van der Waals surface area contributed by atoms with Crippen LogP contribution in [-0.2, 0) is 11.2 Å². The highest BCUT2D eigenvalue weighted by Crippen LogP contribution is 2.11. The van der Waals surface area contributed by atoms with E-state index in [0.29, 0.717) is 0 Å². The molecule has 1 aromatic heterocycles. The summed E-state index contributed by atoms with van der Waals surface area (Å²) in [6.45, 7) is 2.21. The minimum Gasteiger partial charge on any atom is -0.445 e. The van der Waals surface area contributed by atoms with Gasteiger partial charge >= 0.3 is 6.09 Å². The molecule has 0 saturated carbocycles. The molecule has 2 aromatic carbocycles. The lowest BCUT2D eigenvalue weighted by atomic mass is 10.1. The zero-order valence-electron chi connectivity index (χ0n) is 14.6. The zero-order chi connectivity index (χ0) is 18.2. The molecule has 132 valence electrons. The van der Waals surface area contributed by atoms with E-state index in [-0.39, 0.29) is 6.61 Å². The number of ether oxygens (including phenoxy) is 1. The predicted octanol–water partition coefficient (Wildman–Crippen LogP) is 4.57. The molecule has 0 atom stereocenters. The smallest absolute Gasteiger partial charge is 0.411 e. The summed E-state index contributed by atoms with van der Waals surface area (Å²) in [5.41, 5.74) is 5.21. The van der Waals surface area contributed by atoms with Crippen molar-refractivity contribution in [3.05, 3.63) is 89.5 Å². The number of carbonyl (C=O) groups excluding carboxylic acids is 1. The van der Waals surface area contributed by atoms with E-state index in [0.717, 1.165) is 28.9 Å². The summed E-state index contributed by atoms with van der Waals surface area (Å²) in [5.74, 6) is 0. The molecule has 0 radical (unpaired) electrons. The van der Waals surface area contributed by atoms with Crippen molar-refractivity contribution in [1.82, 2.24) is 9.97 Å². The molecule has 0 bridgehead atoms. The number of benzene rings is 2. The SMILES string of the molecule is Cc1ccc(NC(=O)OC/C=C/c2ccc(Cc3cnc[nH]3)cc2)cc1. The number of hydrogen-bond donors (Lipinski definition) is 2. The van der Waals surface area contributed by atoms with E-state index in [9.17, 15) is 4.79 Å². The first-order valence-corrected chi connectivity index (χ1v) is 8.42. The van der Waals surface area contributed by atoms with E-state index < -0.39 is 6.09 Å². The highest BCUT2D eigenvalue weighted by molar-refractivity contribution is 5.84. The van der Waals surface area contributed by atoms with Crippen molar-refractivity contribution in [2.24, 2.45) is 0 Å². The number of aromatic amines is 1. The average molecular weight is 347 g/mol. The first-order chi connectivity index (χ1) is 12.7. The van der Waals surface area contributed by atoms with Gasteiger partial charge in [0.2, 0.25) is 0 Å².